The number of amides is 2. The lowest BCUT2D eigenvalue weighted by Crippen LogP contribution is -2.61. The highest BCUT2D eigenvalue weighted by atomic mass is 16.6. The molecule has 3 atom stereocenters. The molecule has 0 spiro atoms. The summed E-state index contributed by atoms with van der Waals surface area (Å²) in [7, 11) is 0. The summed E-state index contributed by atoms with van der Waals surface area (Å²) in [6, 6.07) is -1.44. The van der Waals surface area contributed by atoms with Crippen LogP contribution in [0.3, 0.4) is 0 Å². The Kier molecular flexibility index (Phi) is 4.39. The molecular formula is C12H20N2O5. The number of carbonyl (C=O) groups is 3. The summed E-state index contributed by atoms with van der Waals surface area (Å²) in [5.41, 5.74) is -0.632. The van der Waals surface area contributed by atoms with Gasteiger partial charge < -0.3 is 20.1 Å². The summed E-state index contributed by atoms with van der Waals surface area (Å²) in [5, 5.41) is 4.89. The molecule has 2 N–H and O–H groups in total. The summed E-state index contributed by atoms with van der Waals surface area (Å²) >= 11 is 0. The van der Waals surface area contributed by atoms with Crippen molar-refractivity contribution in [2.75, 3.05) is 0 Å². The summed E-state index contributed by atoms with van der Waals surface area (Å²) in [6.45, 7) is 8.36. The number of hydrogen-bond donors (Lipinski definition) is 2. The van der Waals surface area contributed by atoms with Crippen molar-refractivity contribution in [3.05, 3.63) is 0 Å². The van der Waals surface area contributed by atoms with E-state index in [1.807, 2.05) is 0 Å². The minimum atomic E-state index is -0.796. The molecule has 0 aromatic carbocycles. The van der Waals surface area contributed by atoms with Crippen LogP contribution < -0.4 is 10.6 Å². The van der Waals surface area contributed by atoms with Gasteiger partial charge in [-0.3, -0.25) is 4.79 Å². The predicted molar refractivity (Wildman–Crippen MR) is 66.3 cm³/mol. The monoisotopic (exact) mass is 272 g/mol. The Labute approximate surface area is 112 Å². The molecule has 1 fully saturated rings. The molecule has 19 heavy (non-hydrogen) atoms. The second kappa shape index (κ2) is 5.46. The number of carbonyl (C=O) groups excluding carboxylic acids is 3. The highest BCUT2D eigenvalue weighted by molar-refractivity contribution is 5.91. The molecule has 2 amide bonds. The van der Waals surface area contributed by atoms with Gasteiger partial charge in [-0.1, -0.05) is 0 Å². The maximum Gasteiger partial charge on any atom is 0.408 e. The van der Waals surface area contributed by atoms with Crippen LogP contribution in [-0.4, -0.2) is 41.8 Å². The van der Waals surface area contributed by atoms with E-state index in [1.165, 1.54) is 6.92 Å². The van der Waals surface area contributed by atoms with E-state index < -0.39 is 35.7 Å². The zero-order valence-corrected chi connectivity index (χ0v) is 11.8. The second-order valence-corrected chi connectivity index (χ2v) is 5.50. The molecule has 0 aromatic heterocycles. The number of esters is 1. The number of rotatable bonds is 3. The van der Waals surface area contributed by atoms with Gasteiger partial charge in [-0.2, -0.15) is 0 Å². The first-order chi connectivity index (χ1) is 8.60. The van der Waals surface area contributed by atoms with Gasteiger partial charge in [0.15, 0.2) is 6.04 Å². The van der Waals surface area contributed by atoms with Gasteiger partial charge in [-0.15, -0.1) is 0 Å². The lowest BCUT2D eigenvalue weighted by atomic mass is 10.1. The average molecular weight is 272 g/mol. The molecule has 0 unspecified atom stereocenters. The van der Waals surface area contributed by atoms with Gasteiger partial charge in [0.1, 0.15) is 17.7 Å². The molecule has 1 saturated heterocycles. The zero-order chi connectivity index (χ0) is 14.8. The fourth-order valence-electron chi connectivity index (χ4n) is 1.45. The third-order valence-corrected chi connectivity index (χ3v) is 2.45. The smallest absolute Gasteiger partial charge is 0.408 e. The Morgan fingerprint density at radius 2 is 1.95 bits per heavy atom. The Morgan fingerprint density at radius 3 is 2.37 bits per heavy atom. The van der Waals surface area contributed by atoms with Gasteiger partial charge >= 0.3 is 12.1 Å². The SMILES string of the molecule is C[C@@H](NC(=O)OC(C)(C)C)C(=O)N[C@@H]1C(=O)O[C@@H]1C. The third-order valence-electron chi connectivity index (χ3n) is 2.45. The lowest BCUT2D eigenvalue weighted by Gasteiger charge is -2.33. The molecule has 1 aliphatic heterocycles. The summed E-state index contributed by atoms with van der Waals surface area (Å²) in [5.74, 6) is -0.926. The highest BCUT2D eigenvalue weighted by Crippen LogP contribution is 2.13. The number of cyclic esters (lactones) is 1. The second-order valence-electron chi connectivity index (χ2n) is 5.50. The Balaban J connectivity index is 2.40. The van der Waals surface area contributed by atoms with Crippen LogP contribution in [0.2, 0.25) is 0 Å². The van der Waals surface area contributed by atoms with Crippen LogP contribution in [0.5, 0.6) is 0 Å². The number of alkyl carbamates (subject to hydrolysis) is 1. The quantitative estimate of drug-likeness (QED) is 0.722. The molecule has 0 radical (unpaired) electrons. The molecule has 1 aliphatic rings. The van der Waals surface area contributed by atoms with Crippen molar-refractivity contribution in [3.8, 4) is 0 Å². The zero-order valence-electron chi connectivity index (χ0n) is 11.8. The first kappa shape index (κ1) is 15.3. The summed E-state index contributed by atoms with van der Waals surface area (Å²) < 4.78 is 9.74. The first-order valence-electron chi connectivity index (χ1n) is 6.10. The molecule has 0 bridgehead atoms. The van der Waals surface area contributed by atoms with Crippen LogP contribution >= 0.6 is 0 Å². The van der Waals surface area contributed by atoms with Gasteiger partial charge in [0.05, 0.1) is 0 Å². The van der Waals surface area contributed by atoms with E-state index in [9.17, 15) is 14.4 Å². The fourth-order valence-corrected chi connectivity index (χ4v) is 1.45. The van der Waals surface area contributed by atoms with E-state index in [0.717, 1.165) is 0 Å². The van der Waals surface area contributed by atoms with Gasteiger partial charge in [0, 0.05) is 0 Å². The lowest BCUT2D eigenvalue weighted by molar-refractivity contribution is -0.176. The maximum absolute atomic E-state index is 11.7. The Hall–Kier alpha value is -1.79. The van der Waals surface area contributed by atoms with Crippen LogP contribution in [0.25, 0.3) is 0 Å². The fraction of sp³-hybridized carbons (Fsp3) is 0.750. The van der Waals surface area contributed by atoms with Crippen LogP contribution in [0.4, 0.5) is 4.79 Å². The van der Waals surface area contributed by atoms with E-state index in [4.69, 9.17) is 9.47 Å². The van der Waals surface area contributed by atoms with E-state index in [0.29, 0.717) is 0 Å². The minimum Gasteiger partial charge on any atom is -0.458 e. The number of hydrogen-bond acceptors (Lipinski definition) is 5. The van der Waals surface area contributed by atoms with Crippen molar-refractivity contribution in [2.24, 2.45) is 0 Å². The van der Waals surface area contributed by atoms with E-state index in [2.05, 4.69) is 10.6 Å². The molecule has 0 aromatic rings. The predicted octanol–water partition coefficient (Wildman–Crippen LogP) is 0.330. The van der Waals surface area contributed by atoms with Crippen LogP contribution in [0, 0.1) is 0 Å². The maximum atomic E-state index is 11.7. The minimum absolute atomic E-state index is 0.342. The van der Waals surface area contributed by atoms with Crippen molar-refractivity contribution in [1.29, 1.82) is 0 Å². The summed E-state index contributed by atoms with van der Waals surface area (Å²) in [6.07, 6.45) is -1.02. The van der Waals surface area contributed by atoms with Crippen molar-refractivity contribution in [2.45, 2.75) is 58.4 Å². The average Bonchev–Trinajstić information content (AvgIpc) is 2.22. The van der Waals surface area contributed by atoms with Crippen molar-refractivity contribution in [1.82, 2.24) is 10.6 Å². The van der Waals surface area contributed by atoms with E-state index in [-0.39, 0.29) is 6.10 Å². The van der Waals surface area contributed by atoms with Crippen molar-refractivity contribution >= 4 is 18.0 Å². The van der Waals surface area contributed by atoms with E-state index in [1.54, 1.807) is 27.7 Å². The third kappa shape index (κ3) is 4.42. The van der Waals surface area contributed by atoms with Crippen molar-refractivity contribution < 1.29 is 23.9 Å². The molecule has 7 heteroatoms. The molecule has 108 valence electrons. The standard InChI is InChI=1S/C12H20N2O5/c1-6(13-11(17)19-12(3,4)5)9(15)14-8-7(2)18-10(8)16/h6-8H,1-5H3,(H,13,17)(H,14,15)/t6-,7-,8+/m1/s1. The van der Waals surface area contributed by atoms with Crippen LogP contribution in [0.15, 0.2) is 0 Å². The molecular weight excluding hydrogens is 252 g/mol. The Bertz CT molecular complexity index is 388. The molecule has 1 rings (SSSR count). The van der Waals surface area contributed by atoms with Crippen molar-refractivity contribution in [3.63, 3.8) is 0 Å². The normalized spacial score (nSPS) is 23.7. The van der Waals surface area contributed by atoms with Gasteiger partial charge in [-0.25, -0.2) is 9.59 Å². The van der Waals surface area contributed by atoms with E-state index >= 15 is 0 Å². The molecule has 0 aliphatic carbocycles. The van der Waals surface area contributed by atoms with Gasteiger partial charge in [-0.05, 0) is 34.6 Å². The van der Waals surface area contributed by atoms with Gasteiger partial charge in [0.25, 0.3) is 0 Å². The molecule has 0 saturated carbocycles. The molecule has 1 heterocycles. The Morgan fingerprint density at radius 1 is 1.37 bits per heavy atom. The first-order valence-corrected chi connectivity index (χ1v) is 6.10. The van der Waals surface area contributed by atoms with Crippen LogP contribution in [0.1, 0.15) is 34.6 Å². The topological polar surface area (TPSA) is 93.7 Å². The summed E-state index contributed by atoms with van der Waals surface area (Å²) in [4.78, 5) is 34.3. The number of nitrogens with one attached hydrogen (secondary N) is 2. The van der Waals surface area contributed by atoms with Crippen LogP contribution in [-0.2, 0) is 19.1 Å². The molecule has 7 nitrogen and oxygen atoms in total. The highest BCUT2D eigenvalue weighted by Gasteiger charge is 2.40. The van der Waals surface area contributed by atoms with Gasteiger partial charge in [0.2, 0.25) is 5.91 Å². The largest absolute Gasteiger partial charge is 0.458 e. The number of ether oxygens (including phenoxy) is 2.